The molecule has 0 saturated carbocycles. The molecular weight excluding hydrogens is 311 g/mol. The molecule has 0 saturated heterocycles. The van der Waals surface area contributed by atoms with Crippen LogP contribution in [-0.4, -0.2) is 18.8 Å². The lowest BCUT2D eigenvalue weighted by Gasteiger charge is -2.29. The van der Waals surface area contributed by atoms with E-state index in [9.17, 15) is 9.50 Å². The molecule has 0 amide bonds. The largest absolute Gasteiger partial charge is 0.381 e. The van der Waals surface area contributed by atoms with Gasteiger partial charge in [-0.3, -0.25) is 0 Å². The molecular formula is C15H14BrFO2. The van der Waals surface area contributed by atoms with Gasteiger partial charge in [0.25, 0.3) is 0 Å². The first-order valence-corrected chi connectivity index (χ1v) is 6.60. The van der Waals surface area contributed by atoms with Crippen LogP contribution in [0.3, 0.4) is 0 Å². The first-order chi connectivity index (χ1) is 9.09. The highest BCUT2D eigenvalue weighted by Gasteiger charge is 2.34. The predicted octanol–water partition coefficient (Wildman–Crippen LogP) is 3.47. The minimum absolute atomic E-state index is 0.0234. The van der Waals surface area contributed by atoms with Gasteiger partial charge in [-0.15, -0.1) is 0 Å². The number of hydrogen-bond acceptors (Lipinski definition) is 2. The van der Waals surface area contributed by atoms with E-state index in [1.165, 1.54) is 7.11 Å². The van der Waals surface area contributed by atoms with Crippen molar-refractivity contribution in [2.75, 3.05) is 13.7 Å². The van der Waals surface area contributed by atoms with Gasteiger partial charge in [0, 0.05) is 12.7 Å². The molecule has 1 atom stereocenters. The van der Waals surface area contributed by atoms with Crippen molar-refractivity contribution in [2.45, 2.75) is 5.60 Å². The number of ether oxygens (including phenoxy) is 1. The number of aliphatic hydroxyl groups is 1. The average Bonchev–Trinajstić information content (AvgIpc) is 2.43. The summed E-state index contributed by atoms with van der Waals surface area (Å²) < 4.78 is 19.6. The van der Waals surface area contributed by atoms with Crippen LogP contribution in [0.2, 0.25) is 0 Å². The second kappa shape index (κ2) is 5.82. The van der Waals surface area contributed by atoms with Crippen molar-refractivity contribution >= 4 is 15.9 Å². The molecule has 0 aromatic heterocycles. The van der Waals surface area contributed by atoms with Gasteiger partial charge in [0.05, 0.1) is 11.1 Å². The van der Waals surface area contributed by atoms with Crippen molar-refractivity contribution < 1.29 is 14.2 Å². The molecule has 2 aromatic rings. The van der Waals surface area contributed by atoms with Crippen LogP contribution >= 0.6 is 15.9 Å². The van der Waals surface area contributed by atoms with Gasteiger partial charge in [-0.2, -0.15) is 0 Å². The molecule has 2 rings (SSSR count). The lowest BCUT2D eigenvalue weighted by atomic mass is 9.86. The quantitative estimate of drug-likeness (QED) is 0.933. The highest BCUT2D eigenvalue weighted by molar-refractivity contribution is 9.10. The molecule has 19 heavy (non-hydrogen) atoms. The zero-order valence-corrected chi connectivity index (χ0v) is 12.0. The number of rotatable bonds is 4. The summed E-state index contributed by atoms with van der Waals surface area (Å²) >= 11 is 3.14. The summed E-state index contributed by atoms with van der Waals surface area (Å²) in [5.41, 5.74) is -0.729. The average molecular weight is 325 g/mol. The normalized spacial score (nSPS) is 14.1. The number of methoxy groups -OCH3 is 1. The van der Waals surface area contributed by atoms with Gasteiger partial charge in [0.15, 0.2) is 0 Å². The fraction of sp³-hybridized carbons (Fsp3) is 0.200. The number of benzene rings is 2. The fourth-order valence-corrected chi connectivity index (χ4v) is 2.43. The molecule has 1 N–H and O–H groups in total. The van der Waals surface area contributed by atoms with Crippen molar-refractivity contribution in [1.82, 2.24) is 0 Å². The molecule has 0 fully saturated rings. The molecule has 4 heteroatoms. The second-order valence-electron chi connectivity index (χ2n) is 4.26. The Morgan fingerprint density at radius 3 is 2.47 bits per heavy atom. The predicted molar refractivity (Wildman–Crippen MR) is 75.4 cm³/mol. The molecule has 2 aromatic carbocycles. The van der Waals surface area contributed by atoms with Crippen molar-refractivity contribution in [3.63, 3.8) is 0 Å². The summed E-state index contributed by atoms with van der Waals surface area (Å²) in [6, 6.07) is 13.8. The van der Waals surface area contributed by atoms with Gasteiger partial charge < -0.3 is 9.84 Å². The summed E-state index contributed by atoms with van der Waals surface area (Å²) in [5.74, 6) is -0.481. The molecule has 0 aliphatic rings. The maximum absolute atomic E-state index is 14.2. The molecule has 0 spiro atoms. The monoisotopic (exact) mass is 324 g/mol. The van der Waals surface area contributed by atoms with Crippen LogP contribution in [0.5, 0.6) is 0 Å². The summed E-state index contributed by atoms with van der Waals surface area (Å²) in [6.45, 7) is -0.0234. The van der Waals surface area contributed by atoms with Crippen molar-refractivity contribution in [2.24, 2.45) is 0 Å². The van der Waals surface area contributed by atoms with Crippen LogP contribution in [0.1, 0.15) is 11.1 Å². The van der Waals surface area contributed by atoms with E-state index in [-0.39, 0.29) is 12.2 Å². The Hall–Kier alpha value is -1.23. The van der Waals surface area contributed by atoms with Crippen molar-refractivity contribution in [1.29, 1.82) is 0 Å². The minimum Gasteiger partial charge on any atom is -0.381 e. The fourth-order valence-electron chi connectivity index (χ4n) is 2.06. The third kappa shape index (κ3) is 2.71. The first kappa shape index (κ1) is 14.2. The van der Waals surface area contributed by atoms with Crippen LogP contribution in [0.15, 0.2) is 53.0 Å². The van der Waals surface area contributed by atoms with Crippen LogP contribution in [0.4, 0.5) is 4.39 Å². The van der Waals surface area contributed by atoms with Crippen LogP contribution in [0.25, 0.3) is 0 Å². The topological polar surface area (TPSA) is 29.5 Å². The first-order valence-electron chi connectivity index (χ1n) is 5.81. The minimum atomic E-state index is -1.51. The zero-order chi connectivity index (χ0) is 13.9. The Morgan fingerprint density at radius 2 is 1.84 bits per heavy atom. The molecule has 0 aliphatic heterocycles. The Kier molecular flexibility index (Phi) is 4.34. The molecule has 0 bridgehead atoms. The second-order valence-corrected chi connectivity index (χ2v) is 5.12. The molecule has 0 heterocycles. The van der Waals surface area contributed by atoms with E-state index in [0.717, 1.165) is 0 Å². The zero-order valence-electron chi connectivity index (χ0n) is 10.4. The smallest absolute Gasteiger partial charge is 0.143 e. The molecule has 1 unspecified atom stereocenters. The molecule has 0 radical (unpaired) electrons. The van der Waals surface area contributed by atoms with Gasteiger partial charge >= 0.3 is 0 Å². The van der Waals surface area contributed by atoms with Gasteiger partial charge in [-0.1, -0.05) is 42.5 Å². The Bertz CT molecular complexity index is 559. The molecule has 100 valence electrons. The van der Waals surface area contributed by atoms with Gasteiger partial charge in [0.2, 0.25) is 0 Å². The van der Waals surface area contributed by atoms with Crippen LogP contribution < -0.4 is 0 Å². The summed E-state index contributed by atoms with van der Waals surface area (Å²) in [6.07, 6.45) is 0. The lowest BCUT2D eigenvalue weighted by Crippen LogP contribution is -2.33. The number of halogens is 2. The van der Waals surface area contributed by atoms with E-state index < -0.39 is 11.4 Å². The van der Waals surface area contributed by atoms with Crippen molar-refractivity contribution in [3.8, 4) is 0 Å². The van der Waals surface area contributed by atoms with E-state index in [0.29, 0.717) is 10.0 Å². The Morgan fingerprint density at radius 1 is 1.16 bits per heavy atom. The maximum Gasteiger partial charge on any atom is 0.143 e. The summed E-state index contributed by atoms with van der Waals surface area (Å²) in [7, 11) is 1.48. The third-order valence-electron chi connectivity index (χ3n) is 3.00. The van der Waals surface area contributed by atoms with E-state index in [1.54, 1.807) is 42.5 Å². The van der Waals surface area contributed by atoms with E-state index in [2.05, 4.69) is 15.9 Å². The van der Waals surface area contributed by atoms with Gasteiger partial charge in [0.1, 0.15) is 11.4 Å². The van der Waals surface area contributed by atoms with Crippen LogP contribution in [-0.2, 0) is 10.3 Å². The molecule has 0 aliphatic carbocycles. The summed E-state index contributed by atoms with van der Waals surface area (Å²) in [5, 5.41) is 10.9. The maximum atomic E-state index is 14.2. The third-order valence-corrected chi connectivity index (χ3v) is 3.61. The Labute approximate surface area is 120 Å². The standard InChI is InChI=1S/C15H14BrFO2/c1-19-10-15(18,11-6-3-2-4-7-11)12-8-5-9-13(16)14(12)17/h2-9,18H,10H2,1H3. The van der Waals surface area contributed by atoms with E-state index >= 15 is 0 Å². The number of hydrogen-bond donors (Lipinski definition) is 1. The van der Waals surface area contributed by atoms with Gasteiger partial charge in [-0.05, 0) is 27.6 Å². The molecule has 2 nitrogen and oxygen atoms in total. The van der Waals surface area contributed by atoms with Gasteiger partial charge in [-0.25, -0.2) is 4.39 Å². The Balaban J connectivity index is 2.60. The van der Waals surface area contributed by atoms with E-state index in [1.807, 2.05) is 6.07 Å². The summed E-state index contributed by atoms with van der Waals surface area (Å²) in [4.78, 5) is 0. The van der Waals surface area contributed by atoms with Crippen molar-refractivity contribution in [3.05, 3.63) is 69.9 Å². The van der Waals surface area contributed by atoms with Crippen LogP contribution in [0, 0.1) is 5.82 Å². The lowest BCUT2D eigenvalue weighted by molar-refractivity contribution is -0.00577. The highest BCUT2D eigenvalue weighted by atomic mass is 79.9. The SMILES string of the molecule is COCC(O)(c1ccccc1)c1cccc(Br)c1F. The highest BCUT2D eigenvalue weighted by Crippen LogP contribution is 2.34. The van der Waals surface area contributed by atoms with E-state index in [4.69, 9.17) is 4.74 Å².